The summed E-state index contributed by atoms with van der Waals surface area (Å²) in [6.07, 6.45) is 3.96. The fraction of sp³-hybridized carbons (Fsp3) is 0.857. The summed E-state index contributed by atoms with van der Waals surface area (Å²) in [5, 5.41) is 9.30. The fourth-order valence-electron chi connectivity index (χ4n) is 2.64. The fourth-order valence-corrected chi connectivity index (χ4v) is 2.64. The molecule has 1 heterocycles. The summed E-state index contributed by atoms with van der Waals surface area (Å²) in [6, 6.07) is 0.133. The predicted molar refractivity (Wildman–Crippen MR) is 73.7 cm³/mol. The number of nitrogens with two attached hydrogens (primary N) is 1. The van der Waals surface area contributed by atoms with Gasteiger partial charge in [-0.2, -0.15) is 0 Å². The van der Waals surface area contributed by atoms with Crippen molar-refractivity contribution in [2.45, 2.75) is 58.4 Å². The van der Waals surface area contributed by atoms with Crippen LogP contribution in [0, 0.1) is 5.41 Å². The molecule has 0 saturated carbocycles. The topological polar surface area (TPSA) is 83.6 Å². The second kappa shape index (κ2) is 6.89. The Morgan fingerprint density at radius 3 is 2.37 bits per heavy atom. The van der Waals surface area contributed by atoms with E-state index >= 15 is 0 Å². The molecule has 1 amide bonds. The van der Waals surface area contributed by atoms with Gasteiger partial charge in [0.15, 0.2) is 0 Å². The molecule has 1 aliphatic rings. The number of carboxylic acids is 1. The Morgan fingerprint density at radius 2 is 1.95 bits per heavy atom. The summed E-state index contributed by atoms with van der Waals surface area (Å²) in [5.74, 6) is -0.588. The van der Waals surface area contributed by atoms with E-state index in [0.29, 0.717) is 38.8 Å². The number of rotatable bonds is 6. The van der Waals surface area contributed by atoms with Gasteiger partial charge in [0.2, 0.25) is 5.91 Å². The molecule has 0 radical (unpaired) electrons. The Bertz CT molecular complexity index is 321. The van der Waals surface area contributed by atoms with Crippen LogP contribution in [0.4, 0.5) is 0 Å². The standard InChI is InChI=1S/C14H26N2O3/c1-3-14(13(18)19)7-9-16(10-8-14)12(17)6-4-5-11(2)15/h11H,3-10,15H2,1-2H3,(H,18,19). The van der Waals surface area contributed by atoms with Crippen molar-refractivity contribution in [3.05, 3.63) is 0 Å². The first-order chi connectivity index (χ1) is 8.91. The Labute approximate surface area is 115 Å². The van der Waals surface area contributed by atoms with Gasteiger partial charge >= 0.3 is 5.97 Å². The molecule has 0 aromatic carbocycles. The van der Waals surface area contributed by atoms with Crippen molar-refractivity contribution >= 4 is 11.9 Å². The molecule has 3 N–H and O–H groups in total. The highest BCUT2D eigenvalue weighted by molar-refractivity contribution is 5.78. The molecule has 0 aliphatic carbocycles. The van der Waals surface area contributed by atoms with Crippen molar-refractivity contribution in [2.75, 3.05) is 13.1 Å². The number of carbonyl (C=O) groups is 2. The highest BCUT2D eigenvalue weighted by Gasteiger charge is 2.40. The lowest BCUT2D eigenvalue weighted by Crippen LogP contribution is -2.46. The lowest BCUT2D eigenvalue weighted by Gasteiger charge is -2.38. The Balaban J connectivity index is 2.40. The lowest BCUT2D eigenvalue weighted by molar-refractivity contribution is -0.154. The van der Waals surface area contributed by atoms with Crippen molar-refractivity contribution in [1.29, 1.82) is 0 Å². The first-order valence-corrected chi connectivity index (χ1v) is 7.18. The summed E-state index contributed by atoms with van der Waals surface area (Å²) in [4.78, 5) is 25.1. The molecule has 1 aliphatic heterocycles. The maximum Gasteiger partial charge on any atom is 0.309 e. The second-order valence-electron chi connectivity index (χ2n) is 5.69. The SMILES string of the molecule is CCC1(C(=O)O)CCN(C(=O)CCCC(C)N)CC1. The molecule has 0 aromatic heterocycles. The number of carbonyl (C=O) groups excluding carboxylic acids is 1. The minimum absolute atomic E-state index is 0.133. The number of hydrogen-bond acceptors (Lipinski definition) is 3. The molecule has 1 saturated heterocycles. The molecular weight excluding hydrogens is 244 g/mol. The zero-order valence-electron chi connectivity index (χ0n) is 12.0. The third-order valence-corrected chi connectivity index (χ3v) is 4.25. The second-order valence-corrected chi connectivity index (χ2v) is 5.69. The summed E-state index contributed by atoms with van der Waals surface area (Å²) in [5.41, 5.74) is 5.03. The van der Waals surface area contributed by atoms with Gasteiger partial charge in [-0.05, 0) is 39.0 Å². The van der Waals surface area contributed by atoms with E-state index in [9.17, 15) is 14.7 Å². The normalized spacial score (nSPS) is 20.1. The van der Waals surface area contributed by atoms with Crippen LogP contribution < -0.4 is 5.73 Å². The quantitative estimate of drug-likeness (QED) is 0.768. The zero-order valence-corrected chi connectivity index (χ0v) is 12.0. The van der Waals surface area contributed by atoms with E-state index in [4.69, 9.17) is 5.73 Å². The van der Waals surface area contributed by atoms with E-state index in [1.807, 2.05) is 13.8 Å². The Hall–Kier alpha value is -1.10. The molecule has 19 heavy (non-hydrogen) atoms. The molecule has 1 atom stereocenters. The van der Waals surface area contributed by atoms with Gasteiger partial charge in [0, 0.05) is 25.6 Å². The molecular formula is C14H26N2O3. The summed E-state index contributed by atoms with van der Waals surface area (Å²) in [6.45, 7) is 4.98. The van der Waals surface area contributed by atoms with Crippen LogP contribution in [0.1, 0.15) is 52.4 Å². The van der Waals surface area contributed by atoms with E-state index in [1.165, 1.54) is 0 Å². The maximum atomic E-state index is 12.0. The average Bonchev–Trinajstić information content (AvgIpc) is 2.38. The number of likely N-dealkylation sites (tertiary alicyclic amines) is 1. The average molecular weight is 270 g/mol. The predicted octanol–water partition coefficient (Wildman–Crippen LogP) is 1.61. The van der Waals surface area contributed by atoms with Gasteiger partial charge in [0.25, 0.3) is 0 Å². The largest absolute Gasteiger partial charge is 0.481 e. The number of piperidine rings is 1. The summed E-state index contributed by atoms with van der Waals surface area (Å²) >= 11 is 0. The number of hydrogen-bond donors (Lipinski definition) is 2. The molecule has 1 rings (SSSR count). The van der Waals surface area contributed by atoms with Crippen LogP contribution in [0.5, 0.6) is 0 Å². The van der Waals surface area contributed by atoms with Crippen molar-refractivity contribution < 1.29 is 14.7 Å². The number of nitrogens with zero attached hydrogens (tertiary/aromatic N) is 1. The van der Waals surface area contributed by atoms with Crippen LogP contribution in [0.25, 0.3) is 0 Å². The van der Waals surface area contributed by atoms with Crippen LogP contribution >= 0.6 is 0 Å². The number of carboxylic acid groups (broad SMARTS) is 1. The molecule has 5 heteroatoms. The third-order valence-electron chi connectivity index (χ3n) is 4.25. The highest BCUT2D eigenvalue weighted by Crippen LogP contribution is 2.35. The monoisotopic (exact) mass is 270 g/mol. The minimum atomic E-state index is -0.723. The third kappa shape index (κ3) is 4.20. The molecule has 110 valence electrons. The van der Waals surface area contributed by atoms with Crippen molar-refractivity contribution in [3.8, 4) is 0 Å². The van der Waals surface area contributed by atoms with Crippen molar-refractivity contribution in [1.82, 2.24) is 4.90 Å². The van der Waals surface area contributed by atoms with Crippen molar-refractivity contribution in [3.63, 3.8) is 0 Å². The summed E-state index contributed by atoms with van der Waals surface area (Å²) < 4.78 is 0. The first kappa shape index (κ1) is 16.0. The van der Waals surface area contributed by atoms with E-state index in [2.05, 4.69) is 0 Å². The molecule has 1 fully saturated rings. The van der Waals surface area contributed by atoms with Gasteiger partial charge in [-0.25, -0.2) is 0 Å². The van der Waals surface area contributed by atoms with Crippen LogP contribution in [-0.4, -0.2) is 41.0 Å². The van der Waals surface area contributed by atoms with Gasteiger partial charge in [0.1, 0.15) is 0 Å². The lowest BCUT2D eigenvalue weighted by atomic mass is 9.76. The van der Waals surface area contributed by atoms with E-state index in [0.717, 1.165) is 12.8 Å². The van der Waals surface area contributed by atoms with Crippen molar-refractivity contribution in [2.24, 2.45) is 11.1 Å². The minimum Gasteiger partial charge on any atom is -0.481 e. The molecule has 5 nitrogen and oxygen atoms in total. The number of aliphatic carboxylic acids is 1. The van der Waals surface area contributed by atoms with Gasteiger partial charge < -0.3 is 15.7 Å². The van der Waals surface area contributed by atoms with Crippen LogP contribution in [0.15, 0.2) is 0 Å². The Morgan fingerprint density at radius 1 is 1.37 bits per heavy atom. The van der Waals surface area contributed by atoms with E-state index in [-0.39, 0.29) is 11.9 Å². The van der Waals surface area contributed by atoms with E-state index in [1.54, 1.807) is 4.90 Å². The van der Waals surface area contributed by atoms with Gasteiger partial charge in [0.05, 0.1) is 5.41 Å². The van der Waals surface area contributed by atoms with Crippen LogP contribution in [-0.2, 0) is 9.59 Å². The zero-order chi connectivity index (χ0) is 14.5. The molecule has 0 bridgehead atoms. The maximum absolute atomic E-state index is 12.0. The van der Waals surface area contributed by atoms with Gasteiger partial charge in [-0.1, -0.05) is 6.92 Å². The van der Waals surface area contributed by atoms with Gasteiger partial charge in [-0.15, -0.1) is 0 Å². The molecule has 1 unspecified atom stereocenters. The molecule has 0 aromatic rings. The number of amides is 1. The van der Waals surface area contributed by atoms with Crippen LogP contribution in [0.3, 0.4) is 0 Å². The van der Waals surface area contributed by atoms with Gasteiger partial charge in [-0.3, -0.25) is 9.59 Å². The highest BCUT2D eigenvalue weighted by atomic mass is 16.4. The molecule has 0 spiro atoms. The smallest absolute Gasteiger partial charge is 0.309 e. The van der Waals surface area contributed by atoms with Crippen LogP contribution in [0.2, 0.25) is 0 Å². The Kier molecular flexibility index (Phi) is 5.79. The summed E-state index contributed by atoms with van der Waals surface area (Å²) in [7, 11) is 0. The first-order valence-electron chi connectivity index (χ1n) is 7.18. The van der Waals surface area contributed by atoms with E-state index < -0.39 is 11.4 Å².